The van der Waals surface area contributed by atoms with Crippen LogP contribution in [0.4, 0.5) is 13.2 Å². The second-order valence-electron chi connectivity index (χ2n) is 5.27. The zero-order chi connectivity index (χ0) is 14.8. The standard InChI is InChI=1S/C12H20F3N3O2/c1-20-9-6-10(16-7-9)11(19)18-4-2-17(3-5-18)8-12(13,14)15/h9-10,16H,2-8H2,1H3. The maximum atomic E-state index is 12.3. The van der Waals surface area contributed by atoms with Crippen LogP contribution in [0.1, 0.15) is 6.42 Å². The first-order valence-electron chi connectivity index (χ1n) is 6.73. The van der Waals surface area contributed by atoms with Crippen molar-refractivity contribution in [2.24, 2.45) is 0 Å². The molecule has 2 rings (SSSR count). The maximum Gasteiger partial charge on any atom is 0.401 e. The van der Waals surface area contributed by atoms with Crippen molar-refractivity contribution < 1.29 is 22.7 Å². The summed E-state index contributed by atoms with van der Waals surface area (Å²) in [4.78, 5) is 15.2. The molecule has 0 aromatic carbocycles. The SMILES string of the molecule is COC1CNC(C(=O)N2CCN(CC(F)(F)F)CC2)C1. The number of hydrogen-bond donors (Lipinski definition) is 1. The van der Waals surface area contributed by atoms with E-state index >= 15 is 0 Å². The summed E-state index contributed by atoms with van der Waals surface area (Å²) in [6.07, 6.45) is -3.52. The molecule has 2 heterocycles. The molecule has 0 radical (unpaired) electrons. The minimum absolute atomic E-state index is 0.0313. The fourth-order valence-electron chi connectivity index (χ4n) is 2.67. The first kappa shape index (κ1) is 15.5. The molecule has 2 unspecified atom stereocenters. The highest BCUT2D eigenvalue weighted by molar-refractivity contribution is 5.82. The van der Waals surface area contributed by atoms with Gasteiger partial charge in [0.1, 0.15) is 0 Å². The summed E-state index contributed by atoms with van der Waals surface area (Å²) in [5, 5.41) is 3.09. The quantitative estimate of drug-likeness (QED) is 0.800. The molecule has 0 aromatic heterocycles. The van der Waals surface area contributed by atoms with Crippen LogP contribution in [0, 0.1) is 0 Å². The molecule has 2 aliphatic rings. The van der Waals surface area contributed by atoms with Gasteiger partial charge in [-0.05, 0) is 6.42 Å². The maximum absolute atomic E-state index is 12.3. The lowest BCUT2D eigenvalue weighted by molar-refractivity contribution is -0.152. The van der Waals surface area contributed by atoms with Crippen molar-refractivity contribution in [3.05, 3.63) is 0 Å². The second kappa shape index (κ2) is 6.28. The van der Waals surface area contributed by atoms with E-state index in [9.17, 15) is 18.0 Å². The van der Waals surface area contributed by atoms with E-state index in [1.165, 1.54) is 4.90 Å². The van der Waals surface area contributed by atoms with Crippen LogP contribution < -0.4 is 5.32 Å². The van der Waals surface area contributed by atoms with Crippen LogP contribution in [0.5, 0.6) is 0 Å². The van der Waals surface area contributed by atoms with Crippen molar-refractivity contribution in [3.8, 4) is 0 Å². The van der Waals surface area contributed by atoms with Crippen LogP contribution >= 0.6 is 0 Å². The van der Waals surface area contributed by atoms with Gasteiger partial charge in [-0.15, -0.1) is 0 Å². The van der Waals surface area contributed by atoms with E-state index in [2.05, 4.69) is 5.32 Å². The highest BCUT2D eigenvalue weighted by Crippen LogP contribution is 2.18. The number of carbonyl (C=O) groups is 1. The lowest BCUT2D eigenvalue weighted by atomic mass is 10.1. The molecule has 0 aromatic rings. The molecule has 0 spiro atoms. The first-order valence-corrected chi connectivity index (χ1v) is 6.73. The van der Waals surface area contributed by atoms with Crippen molar-refractivity contribution in [1.82, 2.24) is 15.1 Å². The summed E-state index contributed by atoms with van der Waals surface area (Å²) >= 11 is 0. The Balaban J connectivity index is 1.77. The number of amides is 1. The minimum Gasteiger partial charge on any atom is -0.380 e. The summed E-state index contributed by atoms with van der Waals surface area (Å²) in [7, 11) is 1.61. The lowest BCUT2D eigenvalue weighted by Crippen LogP contribution is -2.54. The fourth-order valence-corrected chi connectivity index (χ4v) is 2.67. The number of carbonyl (C=O) groups excluding carboxylic acids is 1. The molecule has 1 N–H and O–H groups in total. The van der Waals surface area contributed by atoms with Crippen LogP contribution in [0.2, 0.25) is 0 Å². The van der Waals surface area contributed by atoms with E-state index in [0.717, 1.165) is 0 Å². The molecule has 0 bridgehead atoms. The van der Waals surface area contributed by atoms with Crippen LogP contribution in [0.3, 0.4) is 0 Å². The Morgan fingerprint density at radius 1 is 1.30 bits per heavy atom. The molecule has 2 aliphatic heterocycles. The number of alkyl halides is 3. The number of methoxy groups -OCH3 is 1. The highest BCUT2D eigenvalue weighted by Gasteiger charge is 2.36. The number of halogens is 3. The largest absolute Gasteiger partial charge is 0.401 e. The molecule has 1 amide bonds. The molecule has 2 fully saturated rings. The monoisotopic (exact) mass is 295 g/mol. The van der Waals surface area contributed by atoms with Crippen LogP contribution in [-0.4, -0.2) is 80.4 Å². The third-order valence-electron chi connectivity index (χ3n) is 3.81. The van der Waals surface area contributed by atoms with Crippen LogP contribution in [-0.2, 0) is 9.53 Å². The average Bonchev–Trinajstić information content (AvgIpc) is 2.85. The van der Waals surface area contributed by atoms with Gasteiger partial charge < -0.3 is 15.0 Å². The van der Waals surface area contributed by atoms with E-state index in [0.29, 0.717) is 26.1 Å². The number of ether oxygens (including phenoxy) is 1. The fraction of sp³-hybridized carbons (Fsp3) is 0.917. The molecular weight excluding hydrogens is 275 g/mol. The van der Waals surface area contributed by atoms with Crippen molar-refractivity contribution >= 4 is 5.91 Å². The second-order valence-corrected chi connectivity index (χ2v) is 5.27. The van der Waals surface area contributed by atoms with Gasteiger partial charge >= 0.3 is 6.18 Å². The Hall–Kier alpha value is -0.860. The number of nitrogens with one attached hydrogen (secondary N) is 1. The summed E-state index contributed by atoms with van der Waals surface area (Å²) in [5.41, 5.74) is 0. The van der Waals surface area contributed by atoms with Crippen molar-refractivity contribution in [1.29, 1.82) is 0 Å². The molecule has 0 aliphatic carbocycles. The van der Waals surface area contributed by atoms with Gasteiger partial charge in [0.05, 0.1) is 18.7 Å². The molecule has 8 heteroatoms. The molecule has 116 valence electrons. The third kappa shape index (κ3) is 4.07. The van der Waals surface area contributed by atoms with E-state index < -0.39 is 12.7 Å². The zero-order valence-corrected chi connectivity index (χ0v) is 11.4. The highest BCUT2D eigenvalue weighted by atomic mass is 19.4. The molecule has 0 saturated carbocycles. The minimum atomic E-state index is -4.18. The number of nitrogens with zero attached hydrogens (tertiary/aromatic N) is 2. The van der Waals surface area contributed by atoms with Crippen molar-refractivity contribution in [3.63, 3.8) is 0 Å². The van der Waals surface area contributed by atoms with Crippen molar-refractivity contribution in [2.75, 3.05) is 46.4 Å². The number of hydrogen-bond acceptors (Lipinski definition) is 4. The summed E-state index contributed by atoms with van der Waals surface area (Å²) in [6.45, 7) is 0.982. The Morgan fingerprint density at radius 3 is 2.45 bits per heavy atom. The molecule has 2 saturated heterocycles. The Kier molecular flexibility index (Phi) is 4.87. The van der Waals surface area contributed by atoms with Gasteiger partial charge in [0.2, 0.25) is 5.91 Å². The van der Waals surface area contributed by atoms with Gasteiger partial charge in [0.15, 0.2) is 0 Å². The lowest BCUT2D eigenvalue weighted by Gasteiger charge is -2.36. The van der Waals surface area contributed by atoms with Gasteiger partial charge in [0, 0.05) is 39.8 Å². The smallest absolute Gasteiger partial charge is 0.380 e. The van der Waals surface area contributed by atoms with Gasteiger partial charge in [0.25, 0.3) is 0 Å². The molecule has 20 heavy (non-hydrogen) atoms. The van der Waals surface area contributed by atoms with Gasteiger partial charge in [-0.2, -0.15) is 13.2 Å². The Labute approximate surface area is 116 Å². The van der Waals surface area contributed by atoms with E-state index in [4.69, 9.17) is 4.74 Å². The Bertz CT molecular complexity index is 343. The molecule has 5 nitrogen and oxygen atoms in total. The van der Waals surface area contributed by atoms with Crippen molar-refractivity contribution in [2.45, 2.75) is 24.7 Å². The van der Waals surface area contributed by atoms with E-state index in [1.54, 1.807) is 12.0 Å². The normalized spacial score (nSPS) is 28.9. The average molecular weight is 295 g/mol. The van der Waals surface area contributed by atoms with Gasteiger partial charge in [-0.1, -0.05) is 0 Å². The van der Waals surface area contributed by atoms with Crippen LogP contribution in [0.15, 0.2) is 0 Å². The van der Waals surface area contributed by atoms with E-state index in [1.807, 2.05) is 0 Å². The van der Waals surface area contributed by atoms with Crippen LogP contribution in [0.25, 0.3) is 0 Å². The Morgan fingerprint density at radius 2 is 1.95 bits per heavy atom. The number of piperazine rings is 1. The molecular formula is C12H20F3N3O2. The predicted octanol–water partition coefficient (Wildman–Crippen LogP) is 0.0698. The van der Waals surface area contributed by atoms with Gasteiger partial charge in [-0.3, -0.25) is 9.69 Å². The topological polar surface area (TPSA) is 44.8 Å². The van der Waals surface area contributed by atoms with E-state index in [-0.39, 0.29) is 31.1 Å². The summed E-state index contributed by atoms with van der Waals surface area (Å²) in [5.74, 6) is -0.0313. The summed E-state index contributed by atoms with van der Waals surface area (Å²) in [6, 6.07) is -0.269. The zero-order valence-electron chi connectivity index (χ0n) is 11.4. The third-order valence-corrected chi connectivity index (χ3v) is 3.81. The summed E-state index contributed by atoms with van der Waals surface area (Å²) < 4.78 is 42.0. The van der Waals surface area contributed by atoms with Gasteiger partial charge in [-0.25, -0.2) is 0 Å². The molecule has 2 atom stereocenters. The first-order chi connectivity index (χ1) is 9.39. The number of rotatable bonds is 3. The predicted molar refractivity (Wildman–Crippen MR) is 66.3 cm³/mol.